The Labute approximate surface area is 135 Å². The zero-order valence-corrected chi connectivity index (χ0v) is 13.5. The summed E-state index contributed by atoms with van der Waals surface area (Å²) >= 11 is 11.8. The summed E-state index contributed by atoms with van der Waals surface area (Å²) in [5.41, 5.74) is 0. The average molecular weight is 334 g/mol. The van der Waals surface area contributed by atoms with E-state index >= 15 is 0 Å². The highest BCUT2D eigenvalue weighted by Gasteiger charge is 2.23. The number of halogens is 2. The van der Waals surface area contributed by atoms with Gasteiger partial charge in [-0.3, -0.25) is 0 Å². The van der Waals surface area contributed by atoms with Crippen LogP contribution in [0.3, 0.4) is 0 Å². The molecular formula is C15H21Cl2NO3. The van der Waals surface area contributed by atoms with E-state index in [1.165, 1.54) is 0 Å². The van der Waals surface area contributed by atoms with Crippen molar-refractivity contribution in [3.05, 3.63) is 28.2 Å². The van der Waals surface area contributed by atoms with Gasteiger partial charge in [0.1, 0.15) is 18.5 Å². The van der Waals surface area contributed by atoms with Crippen molar-refractivity contribution >= 4 is 23.2 Å². The molecular weight excluding hydrogens is 313 g/mol. The molecule has 0 radical (unpaired) electrons. The van der Waals surface area contributed by atoms with E-state index in [0.29, 0.717) is 34.4 Å². The summed E-state index contributed by atoms with van der Waals surface area (Å²) in [5, 5.41) is 14.2. The van der Waals surface area contributed by atoms with Crippen LogP contribution in [0.4, 0.5) is 0 Å². The lowest BCUT2D eigenvalue weighted by molar-refractivity contribution is 0.0946. The Bertz CT molecular complexity index is 459. The van der Waals surface area contributed by atoms with Gasteiger partial charge >= 0.3 is 0 Å². The van der Waals surface area contributed by atoms with Crippen LogP contribution in [-0.4, -0.2) is 43.6 Å². The van der Waals surface area contributed by atoms with Crippen LogP contribution in [0, 0.1) is 5.92 Å². The standard InChI is InChI=1S/C15H21Cl2NO3/c1-10-11(4-5-20-10)7-18-8-13(19)9-21-15-3-2-12(16)6-14(15)17/h2-3,6,10-11,13,18-19H,4-5,7-9H2,1H3. The Kier molecular flexibility index (Phi) is 6.58. The predicted octanol–water partition coefficient (Wildman–Crippen LogP) is 2.75. The molecule has 0 spiro atoms. The third kappa shape index (κ3) is 5.31. The molecule has 3 unspecified atom stereocenters. The van der Waals surface area contributed by atoms with Crippen molar-refractivity contribution in [1.82, 2.24) is 5.32 Å². The summed E-state index contributed by atoms with van der Waals surface area (Å²) < 4.78 is 11.0. The first kappa shape index (κ1) is 16.8. The lowest BCUT2D eigenvalue weighted by atomic mass is 10.0. The van der Waals surface area contributed by atoms with Crippen LogP contribution in [0.15, 0.2) is 18.2 Å². The van der Waals surface area contributed by atoms with Gasteiger partial charge in [-0.05, 0) is 37.5 Å². The summed E-state index contributed by atoms with van der Waals surface area (Å²) in [5.74, 6) is 1.04. The highest BCUT2D eigenvalue weighted by Crippen LogP contribution is 2.27. The quantitative estimate of drug-likeness (QED) is 0.805. The molecule has 0 aromatic heterocycles. The monoisotopic (exact) mass is 333 g/mol. The molecule has 1 heterocycles. The van der Waals surface area contributed by atoms with Crippen LogP contribution in [-0.2, 0) is 4.74 Å². The Morgan fingerprint density at radius 2 is 2.29 bits per heavy atom. The maximum atomic E-state index is 9.91. The lowest BCUT2D eigenvalue weighted by Gasteiger charge is -2.17. The number of ether oxygens (including phenoxy) is 2. The van der Waals surface area contributed by atoms with Crippen molar-refractivity contribution < 1.29 is 14.6 Å². The van der Waals surface area contributed by atoms with Gasteiger partial charge in [0.2, 0.25) is 0 Å². The fourth-order valence-electron chi connectivity index (χ4n) is 2.32. The van der Waals surface area contributed by atoms with Gasteiger partial charge < -0.3 is 19.9 Å². The number of benzene rings is 1. The van der Waals surface area contributed by atoms with Crippen molar-refractivity contribution in [2.45, 2.75) is 25.6 Å². The summed E-state index contributed by atoms with van der Waals surface area (Å²) in [4.78, 5) is 0. The van der Waals surface area contributed by atoms with Crippen LogP contribution in [0.25, 0.3) is 0 Å². The fraction of sp³-hybridized carbons (Fsp3) is 0.600. The summed E-state index contributed by atoms with van der Waals surface area (Å²) in [6, 6.07) is 5.02. The molecule has 1 aromatic carbocycles. The van der Waals surface area contributed by atoms with Crippen LogP contribution in [0.5, 0.6) is 5.75 Å². The Morgan fingerprint density at radius 3 is 2.95 bits per heavy atom. The van der Waals surface area contributed by atoms with E-state index in [2.05, 4.69) is 12.2 Å². The van der Waals surface area contributed by atoms with Gasteiger partial charge in [0.25, 0.3) is 0 Å². The molecule has 1 fully saturated rings. The first-order valence-corrected chi connectivity index (χ1v) is 7.90. The molecule has 2 rings (SSSR count). The largest absolute Gasteiger partial charge is 0.489 e. The van der Waals surface area contributed by atoms with E-state index in [9.17, 15) is 5.11 Å². The average Bonchev–Trinajstić information content (AvgIpc) is 2.83. The Balaban J connectivity index is 1.66. The topological polar surface area (TPSA) is 50.7 Å². The maximum absolute atomic E-state index is 9.91. The highest BCUT2D eigenvalue weighted by atomic mass is 35.5. The van der Waals surface area contributed by atoms with Crippen molar-refractivity contribution in [3.63, 3.8) is 0 Å². The van der Waals surface area contributed by atoms with Gasteiger partial charge in [-0.2, -0.15) is 0 Å². The molecule has 1 saturated heterocycles. The molecule has 1 aliphatic heterocycles. The SMILES string of the molecule is CC1OCCC1CNCC(O)COc1ccc(Cl)cc1Cl. The van der Waals surface area contributed by atoms with Gasteiger partial charge in [0.15, 0.2) is 0 Å². The third-order valence-electron chi connectivity index (χ3n) is 3.64. The van der Waals surface area contributed by atoms with E-state index in [1.54, 1.807) is 18.2 Å². The van der Waals surface area contributed by atoms with E-state index in [4.69, 9.17) is 32.7 Å². The van der Waals surface area contributed by atoms with Crippen molar-refractivity contribution in [1.29, 1.82) is 0 Å². The van der Waals surface area contributed by atoms with Gasteiger partial charge in [0.05, 0.1) is 11.1 Å². The lowest BCUT2D eigenvalue weighted by Crippen LogP contribution is -2.35. The number of hydrogen-bond donors (Lipinski definition) is 2. The van der Waals surface area contributed by atoms with Crippen molar-refractivity contribution in [2.24, 2.45) is 5.92 Å². The minimum absolute atomic E-state index is 0.186. The first-order chi connectivity index (χ1) is 10.1. The Hall–Kier alpha value is -0.520. The summed E-state index contributed by atoms with van der Waals surface area (Å²) in [6.45, 7) is 4.43. The van der Waals surface area contributed by atoms with Crippen LogP contribution < -0.4 is 10.1 Å². The molecule has 4 nitrogen and oxygen atoms in total. The number of nitrogens with one attached hydrogen (secondary N) is 1. The molecule has 2 N–H and O–H groups in total. The zero-order valence-electron chi connectivity index (χ0n) is 12.0. The van der Waals surface area contributed by atoms with E-state index < -0.39 is 6.10 Å². The van der Waals surface area contributed by atoms with Gasteiger partial charge in [0, 0.05) is 24.7 Å². The molecule has 0 aliphatic carbocycles. The third-order valence-corrected chi connectivity index (χ3v) is 4.18. The molecule has 1 aromatic rings. The molecule has 6 heteroatoms. The summed E-state index contributed by atoms with van der Waals surface area (Å²) in [7, 11) is 0. The van der Waals surface area contributed by atoms with Gasteiger partial charge in [-0.25, -0.2) is 0 Å². The molecule has 1 aliphatic rings. The van der Waals surface area contributed by atoms with Crippen molar-refractivity contribution in [2.75, 3.05) is 26.3 Å². The molecule has 0 bridgehead atoms. The smallest absolute Gasteiger partial charge is 0.138 e. The molecule has 21 heavy (non-hydrogen) atoms. The normalized spacial score (nSPS) is 23.2. The zero-order chi connectivity index (χ0) is 15.2. The van der Waals surface area contributed by atoms with Crippen LogP contribution in [0.2, 0.25) is 10.0 Å². The minimum atomic E-state index is -0.589. The minimum Gasteiger partial charge on any atom is -0.489 e. The predicted molar refractivity (Wildman–Crippen MR) is 84.4 cm³/mol. The number of rotatable bonds is 7. The molecule has 0 saturated carbocycles. The van der Waals surface area contributed by atoms with Crippen molar-refractivity contribution in [3.8, 4) is 5.75 Å². The highest BCUT2D eigenvalue weighted by molar-refractivity contribution is 6.35. The first-order valence-electron chi connectivity index (χ1n) is 7.14. The second-order valence-electron chi connectivity index (χ2n) is 5.32. The number of hydrogen-bond acceptors (Lipinski definition) is 4. The van der Waals surface area contributed by atoms with Gasteiger partial charge in [-0.15, -0.1) is 0 Å². The second-order valence-corrected chi connectivity index (χ2v) is 6.17. The fourth-order valence-corrected chi connectivity index (χ4v) is 2.78. The summed E-state index contributed by atoms with van der Waals surface area (Å²) in [6.07, 6.45) is 0.773. The number of aliphatic hydroxyl groups excluding tert-OH is 1. The van der Waals surface area contributed by atoms with E-state index in [0.717, 1.165) is 19.6 Å². The van der Waals surface area contributed by atoms with Crippen LogP contribution in [0.1, 0.15) is 13.3 Å². The maximum Gasteiger partial charge on any atom is 0.138 e. The molecule has 3 atom stereocenters. The molecule has 118 valence electrons. The second kappa shape index (κ2) is 8.20. The van der Waals surface area contributed by atoms with Crippen LogP contribution >= 0.6 is 23.2 Å². The van der Waals surface area contributed by atoms with E-state index in [1.807, 2.05) is 0 Å². The van der Waals surface area contributed by atoms with E-state index in [-0.39, 0.29) is 6.61 Å². The van der Waals surface area contributed by atoms with Gasteiger partial charge in [-0.1, -0.05) is 23.2 Å². The molecule has 0 amide bonds. The number of aliphatic hydroxyl groups is 1. The Morgan fingerprint density at radius 1 is 1.48 bits per heavy atom.